The number of nitrogens with zero attached hydrogens (tertiary/aromatic N) is 1. The Balaban J connectivity index is 2.18. The van der Waals surface area contributed by atoms with Crippen molar-refractivity contribution in [2.75, 3.05) is 18.0 Å². The minimum atomic E-state index is -0.492. The van der Waals surface area contributed by atoms with E-state index in [1.807, 2.05) is 0 Å². The lowest BCUT2D eigenvalue weighted by Gasteiger charge is -2.43. The van der Waals surface area contributed by atoms with Crippen molar-refractivity contribution < 1.29 is 8.78 Å². The minimum Gasteiger partial charge on any atom is -0.366 e. The molecule has 0 aromatic heterocycles. The molecule has 0 atom stereocenters. The molecule has 1 saturated heterocycles. The zero-order chi connectivity index (χ0) is 11.9. The average molecular weight is 290 g/mol. The van der Waals surface area contributed by atoms with Crippen LogP contribution in [0.2, 0.25) is 0 Å². The SMILES string of the molecule is CC(C)C1CN(c2c(F)cc(Br)cc2F)C1. The smallest absolute Gasteiger partial charge is 0.150 e. The molecule has 0 bridgehead atoms. The molecule has 16 heavy (non-hydrogen) atoms. The second-order valence-electron chi connectivity index (χ2n) is 4.63. The van der Waals surface area contributed by atoms with Gasteiger partial charge in [0.2, 0.25) is 0 Å². The third-order valence-corrected chi connectivity index (χ3v) is 3.61. The van der Waals surface area contributed by atoms with E-state index in [0.717, 1.165) is 13.1 Å². The summed E-state index contributed by atoms with van der Waals surface area (Å²) in [7, 11) is 0. The van der Waals surface area contributed by atoms with Crippen LogP contribution in [0.25, 0.3) is 0 Å². The largest absolute Gasteiger partial charge is 0.366 e. The first-order valence-electron chi connectivity index (χ1n) is 5.38. The van der Waals surface area contributed by atoms with Crippen LogP contribution in [0.1, 0.15) is 13.8 Å². The fourth-order valence-corrected chi connectivity index (χ4v) is 2.36. The summed E-state index contributed by atoms with van der Waals surface area (Å²) in [6, 6.07) is 2.61. The summed E-state index contributed by atoms with van der Waals surface area (Å²) < 4.78 is 27.6. The zero-order valence-corrected chi connectivity index (χ0v) is 10.9. The zero-order valence-electron chi connectivity index (χ0n) is 9.30. The van der Waals surface area contributed by atoms with Crippen LogP contribution in [-0.2, 0) is 0 Å². The molecule has 4 heteroatoms. The van der Waals surface area contributed by atoms with Crippen LogP contribution < -0.4 is 4.90 Å². The monoisotopic (exact) mass is 289 g/mol. The summed E-state index contributed by atoms with van der Waals surface area (Å²) in [6.45, 7) is 5.76. The second kappa shape index (κ2) is 4.32. The number of benzene rings is 1. The Morgan fingerprint density at radius 3 is 2.19 bits per heavy atom. The number of anilines is 1. The number of hydrogen-bond donors (Lipinski definition) is 0. The van der Waals surface area contributed by atoms with Crippen molar-refractivity contribution in [3.63, 3.8) is 0 Å². The van der Waals surface area contributed by atoms with E-state index in [-0.39, 0.29) is 5.69 Å². The molecule has 0 radical (unpaired) electrons. The summed E-state index contributed by atoms with van der Waals surface area (Å²) in [5, 5.41) is 0. The van der Waals surface area contributed by atoms with Gasteiger partial charge in [-0.15, -0.1) is 0 Å². The Labute approximate surface area is 103 Å². The van der Waals surface area contributed by atoms with Crippen molar-refractivity contribution >= 4 is 21.6 Å². The standard InChI is InChI=1S/C12H14BrF2N/c1-7(2)8-5-16(6-8)12-10(14)3-9(13)4-11(12)15/h3-4,7-8H,5-6H2,1-2H3. The van der Waals surface area contributed by atoms with E-state index in [1.165, 1.54) is 12.1 Å². The average Bonchev–Trinajstić information content (AvgIpc) is 2.05. The van der Waals surface area contributed by atoms with E-state index in [4.69, 9.17) is 0 Å². The molecule has 0 N–H and O–H groups in total. The van der Waals surface area contributed by atoms with E-state index >= 15 is 0 Å². The van der Waals surface area contributed by atoms with Gasteiger partial charge in [-0.3, -0.25) is 0 Å². The molecule has 1 aromatic carbocycles. The van der Waals surface area contributed by atoms with Crippen molar-refractivity contribution in [3.8, 4) is 0 Å². The highest BCUT2D eigenvalue weighted by Gasteiger charge is 2.32. The topological polar surface area (TPSA) is 3.24 Å². The van der Waals surface area contributed by atoms with Gasteiger partial charge in [-0.1, -0.05) is 29.8 Å². The first-order chi connectivity index (χ1) is 7.49. The Bertz CT molecular complexity index is 377. The maximum absolute atomic E-state index is 13.6. The Morgan fingerprint density at radius 2 is 1.75 bits per heavy atom. The van der Waals surface area contributed by atoms with Gasteiger partial charge < -0.3 is 4.90 Å². The summed E-state index contributed by atoms with van der Waals surface area (Å²) in [5.41, 5.74) is 0.111. The van der Waals surface area contributed by atoms with E-state index in [0.29, 0.717) is 16.3 Å². The van der Waals surface area contributed by atoms with Crippen molar-refractivity contribution in [1.82, 2.24) is 0 Å². The van der Waals surface area contributed by atoms with Crippen LogP contribution in [0, 0.1) is 23.5 Å². The molecular formula is C12H14BrF2N. The van der Waals surface area contributed by atoms with E-state index in [1.54, 1.807) is 4.90 Å². The summed E-state index contributed by atoms with van der Waals surface area (Å²) in [4.78, 5) is 1.77. The van der Waals surface area contributed by atoms with Crippen LogP contribution in [0.5, 0.6) is 0 Å². The summed E-state index contributed by atoms with van der Waals surface area (Å²) in [6.07, 6.45) is 0. The Kier molecular flexibility index (Phi) is 3.19. The normalized spacial score (nSPS) is 16.8. The first-order valence-corrected chi connectivity index (χ1v) is 6.18. The maximum atomic E-state index is 13.6. The first kappa shape index (κ1) is 11.8. The van der Waals surface area contributed by atoms with Crippen LogP contribution in [0.15, 0.2) is 16.6 Å². The van der Waals surface area contributed by atoms with Gasteiger partial charge in [0.05, 0.1) is 0 Å². The molecule has 0 saturated carbocycles. The van der Waals surface area contributed by atoms with Crippen molar-refractivity contribution in [3.05, 3.63) is 28.2 Å². The van der Waals surface area contributed by atoms with E-state index in [9.17, 15) is 8.78 Å². The molecule has 1 heterocycles. The van der Waals surface area contributed by atoms with Crippen molar-refractivity contribution in [2.45, 2.75) is 13.8 Å². The highest BCUT2D eigenvalue weighted by molar-refractivity contribution is 9.10. The van der Waals surface area contributed by atoms with Gasteiger partial charge in [0.1, 0.15) is 5.69 Å². The van der Waals surface area contributed by atoms with Crippen LogP contribution in [0.3, 0.4) is 0 Å². The fraction of sp³-hybridized carbons (Fsp3) is 0.500. The highest BCUT2D eigenvalue weighted by atomic mass is 79.9. The van der Waals surface area contributed by atoms with E-state index in [2.05, 4.69) is 29.8 Å². The van der Waals surface area contributed by atoms with Crippen LogP contribution in [0.4, 0.5) is 14.5 Å². The predicted octanol–water partition coefficient (Wildman–Crippen LogP) is 3.82. The quantitative estimate of drug-likeness (QED) is 0.800. The number of halogens is 3. The summed E-state index contributed by atoms with van der Waals surface area (Å²) in [5.74, 6) is 0.128. The molecule has 1 aliphatic rings. The molecule has 1 nitrogen and oxygen atoms in total. The van der Waals surface area contributed by atoms with Gasteiger partial charge in [0.15, 0.2) is 11.6 Å². The third-order valence-electron chi connectivity index (χ3n) is 3.15. The fourth-order valence-electron chi connectivity index (χ4n) is 1.95. The van der Waals surface area contributed by atoms with Crippen molar-refractivity contribution in [1.29, 1.82) is 0 Å². The van der Waals surface area contributed by atoms with E-state index < -0.39 is 11.6 Å². The third kappa shape index (κ3) is 2.08. The molecule has 2 rings (SSSR count). The molecule has 0 aliphatic carbocycles. The highest BCUT2D eigenvalue weighted by Crippen LogP contribution is 2.34. The second-order valence-corrected chi connectivity index (χ2v) is 5.54. The molecular weight excluding hydrogens is 276 g/mol. The molecule has 88 valence electrons. The van der Waals surface area contributed by atoms with Gasteiger partial charge in [0, 0.05) is 17.6 Å². The van der Waals surface area contributed by atoms with Gasteiger partial charge >= 0.3 is 0 Å². The maximum Gasteiger partial charge on any atom is 0.150 e. The molecule has 1 aliphatic heterocycles. The van der Waals surface area contributed by atoms with Crippen molar-refractivity contribution in [2.24, 2.45) is 11.8 Å². The lowest BCUT2D eigenvalue weighted by molar-refractivity contribution is 0.304. The molecule has 1 aromatic rings. The number of rotatable bonds is 2. The van der Waals surface area contributed by atoms with Crippen LogP contribution >= 0.6 is 15.9 Å². The molecule has 0 amide bonds. The van der Waals surface area contributed by atoms with Gasteiger partial charge in [-0.2, -0.15) is 0 Å². The lowest BCUT2D eigenvalue weighted by atomic mass is 9.88. The molecule has 0 spiro atoms. The Hall–Kier alpha value is -0.640. The lowest BCUT2D eigenvalue weighted by Crippen LogP contribution is -2.49. The van der Waals surface area contributed by atoms with Gasteiger partial charge in [0.25, 0.3) is 0 Å². The van der Waals surface area contributed by atoms with Gasteiger partial charge in [-0.05, 0) is 24.0 Å². The predicted molar refractivity (Wildman–Crippen MR) is 64.6 cm³/mol. The molecule has 1 fully saturated rings. The Morgan fingerprint density at radius 1 is 1.25 bits per heavy atom. The number of hydrogen-bond acceptors (Lipinski definition) is 1. The minimum absolute atomic E-state index is 0.111. The van der Waals surface area contributed by atoms with Gasteiger partial charge in [-0.25, -0.2) is 8.78 Å². The summed E-state index contributed by atoms with van der Waals surface area (Å²) >= 11 is 3.07. The van der Waals surface area contributed by atoms with Crippen LogP contribution in [-0.4, -0.2) is 13.1 Å². The molecule has 0 unspecified atom stereocenters.